The highest BCUT2D eigenvalue weighted by atomic mass is 32.1. The lowest BCUT2D eigenvalue weighted by atomic mass is 10.1. The van der Waals surface area contributed by atoms with Crippen LogP contribution in [0.15, 0.2) is 18.3 Å². The van der Waals surface area contributed by atoms with Crippen LogP contribution in [0.5, 0.6) is 5.75 Å². The predicted molar refractivity (Wildman–Crippen MR) is 79.8 cm³/mol. The first-order valence-electron chi connectivity index (χ1n) is 5.87. The number of methoxy groups -OCH3 is 1. The fourth-order valence-corrected chi connectivity index (χ4v) is 2.98. The molecule has 0 fully saturated rings. The third-order valence-electron chi connectivity index (χ3n) is 2.83. The van der Waals surface area contributed by atoms with Gasteiger partial charge in [-0.25, -0.2) is 14.8 Å². The number of ether oxygens (including phenoxy) is 1. The average molecular weight is 305 g/mol. The van der Waals surface area contributed by atoms with E-state index >= 15 is 0 Å². The molecule has 1 aromatic carbocycles. The summed E-state index contributed by atoms with van der Waals surface area (Å²) >= 11 is 1.21. The van der Waals surface area contributed by atoms with Crippen molar-refractivity contribution >= 4 is 38.7 Å². The van der Waals surface area contributed by atoms with E-state index in [1.165, 1.54) is 18.4 Å². The molecule has 9 heteroatoms. The van der Waals surface area contributed by atoms with Crippen LogP contribution in [0, 0.1) is 0 Å². The normalized spacial score (nSPS) is 10.7. The molecular weight excluding hydrogens is 294 g/mol. The molecule has 5 N–H and O–H groups in total. The van der Waals surface area contributed by atoms with Crippen LogP contribution in [0.25, 0.3) is 21.5 Å². The van der Waals surface area contributed by atoms with Gasteiger partial charge >= 0.3 is 6.09 Å². The van der Waals surface area contributed by atoms with Crippen molar-refractivity contribution in [1.29, 1.82) is 0 Å². The Bertz CT molecular complexity index is 826. The molecule has 0 aliphatic rings. The number of nitrogens with two attached hydrogens (primary N) is 1. The molecule has 0 saturated heterocycles. The fourth-order valence-electron chi connectivity index (χ4n) is 1.98. The number of rotatable bonds is 3. The van der Waals surface area contributed by atoms with Crippen molar-refractivity contribution in [3.05, 3.63) is 18.3 Å². The molecule has 108 valence electrons. The van der Waals surface area contributed by atoms with E-state index in [1.807, 2.05) is 6.07 Å². The monoisotopic (exact) mass is 305 g/mol. The van der Waals surface area contributed by atoms with Gasteiger partial charge in [-0.1, -0.05) is 11.3 Å². The van der Waals surface area contributed by atoms with Gasteiger partial charge in [0.15, 0.2) is 11.1 Å². The van der Waals surface area contributed by atoms with Gasteiger partial charge in [-0.05, 0) is 12.1 Å². The lowest BCUT2D eigenvalue weighted by Crippen LogP contribution is -2.06. The Morgan fingerprint density at radius 1 is 1.52 bits per heavy atom. The molecular formula is C12H11N5O3S. The Morgan fingerprint density at radius 2 is 2.33 bits per heavy atom. The first-order valence-corrected chi connectivity index (χ1v) is 6.68. The first-order chi connectivity index (χ1) is 10.1. The van der Waals surface area contributed by atoms with Crippen LogP contribution >= 0.6 is 11.3 Å². The summed E-state index contributed by atoms with van der Waals surface area (Å²) in [5.41, 5.74) is 7.73. The van der Waals surface area contributed by atoms with E-state index in [4.69, 9.17) is 15.6 Å². The number of carboxylic acid groups (broad SMARTS) is 1. The second-order valence-corrected chi connectivity index (χ2v) is 5.12. The highest BCUT2D eigenvalue weighted by Crippen LogP contribution is 2.39. The number of benzene rings is 1. The summed E-state index contributed by atoms with van der Waals surface area (Å²) in [7, 11) is 1.53. The fraction of sp³-hybridized carbons (Fsp3) is 0.0833. The van der Waals surface area contributed by atoms with Crippen LogP contribution in [0.4, 0.5) is 15.9 Å². The molecule has 0 atom stereocenters. The third kappa shape index (κ3) is 2.34. The lowest BCUT2D eigenvalue weighted by Gasteiger charge is -2.03. The Labute approximate surface area is 122 Å². The Hall–Kier alpha value is -2.81. The SMILES string of the molecule is COc1ccc(-c2cnc(N)[nH]2)c2sc(NC(=O)O)nc12. The minimum atomic E-state index is -1.17. The molecule has 2 aromatic heterocycles. The maximum absolute atomic E-state index is 10.7. The van der Waals surface area contributed by atoms with Gasteiger partial charge in [0.05, 0.1) is 23.7 Å². The topological polar surface area (TPSA) is 126 Å². The molecule has 1 amide bonds. The maximum Gasteiger partial charge on any atom is 0.410 e. The quantitative estimate of drug-likeness (QED) is 0.588. The van der Waals surface area contributed by atoms with Gasteiger partial charge in [0.1, 0.15) is 11.3 Å². The number of fused-ring (bicyclic) bond motifs is 1. The van der Waals surface area contributed by atoms with E-state index < -0.39 is 6.09 Å². The van der Waals surface area contributed by atoms with Gasteiger partial charge in [0, 0.05) is 5.56 Å². The molecule has 0 aliphatic heterocycles. The first kappa shape index (κ1) is 13.2. The number of nitrogen functional groups attached to an aromatic ring is 1. The van der Waals surface area contributed by atoms with E-state index in [0.717, 1.165) is 16.0 Å². The van der Waals surface area contributed by atoms with Crippen molar-refractivity contribution < 1.29 is 14.6 Å². The number of hydrogen-bond acceptors (Lipinski definition) is 6. The standard InChI is InChI=1S/C12H11N5O3S/c1-20-7-3-2-5(6-4-14-10(13)15-6)9-8(7)16-11(21-9)17-12(18)19/h2-4H,1H3,(H,16,17)(H,18,19)(H3,13,14,15). The Kier molecular flexibility index (Phi) is 3.10. The summed E-state index contributed by atoms with van der Waals surface area (Å²) < 4.78 is 6.04. The molecule has 0 saturated carbocycles. The molecule has 0 bridgehead atoms. The van der Waals surface area contributed by atoms with E-state index in [2.05, 4.69) is 20.3 Å². The number of nitrogens with zero attached hydrogens (tertiary/aromatic N) is 2. The van der Waals surface area contributed by atoms with Crippen LogP contribution in [0.1, 0.15) is 0 Å². The van der Waals surface area contributed by atoms with Crippen molar-refractivity contribution in [3.8, 4) is 17.0 Å². The Balaban J connectivity index is 2.21. The largest absolute Gasteiger partial charge is 0.494 e. The highest BCUT2D eigenvalue weighted by molar-refractivity contribution is 7.23. The van der Waals surface area contributed by atoms with Gasteiger partial charge in [0.2, 0.25) is 0 Å². The van der Waals surface area contributed by atoms with Crippen molar-refractivity contribution in [2.24, 2.45) is 0 Å². The summed E-state index contributed by atoms with van der Waals surface area (Å²) in [6.07, 6.45) is 0.445. The number of nitrogens with one attached hydrogen (secondary N) is 2. The number of anilines is 2. The van der Waals surface area contributed by atoms with Gasteiger partial charge in [0.25, 0.3) is 0 Å². The summed E-state index contributed by atoms with van der Waals surface area (Å²) in [6, 6.07) is 3.61. The van der Waals surface area contributed by atoms with Crippen molar-refractivity contribution in [3.63, 3.8) is 0 Å². The van der Waals surface area contributed by atoms with Crippen LogP contribution in [-0.2, 0) is 0 Å². The summed E-state index contributed by atoms with van der Waals surface area (Å²) in [6.45, 7) is 0. The van der Waals surface area contributed by atoms with E-state index in [9.17, 15) is 4.79 Å². The van der Waals surface area contributed by atoms with Gasteiger partial charge in [-0.3, -0.25) is 5.32 Å². The third-order valence-corrected chi connectivity index (χ3v) is 3.83. The predicted octanol–water partition coefficient (Wildman–Crippen LogP) is 2.37. The molecule has 8 nitrogen and oxygen atoms in total. The van der Waals surface area contributed by atoms with Gasteiger partial charge < -0.3 is 20.6 Å². The molecule has 0 radical (unpaired) electrons. The van der Waals surface area contributed by atoms with E-state index in [1.54, 1.807) is 12.3 Å². The number of thiazole rings is 1. The average Bonchev–Trinajstić information content (AvgIpc) is 3.02. The number of imidazole rings is 1. The molecule has 0 spiro atoms. The van der Waals surface area contributed by atoms with Crippen molar-refractivity contribution in [2.75, 3.05) is 18.2 Å². The molecule has 21 heavy (non-hydrogen) atoms. The van der Waals surface area contributed by atoms with Crippen molar-refractivity contribution in [2.45, 2.75) is 0 Å². The second kappa shape index (κ2) is 4.94. The van der Waals surface area contributed by atoms with E-state index in [-0.39, 0.29) is 5.13 Å². The lowest BCUT2D eigenvalue weighted by molar-refractivity contribution is 0.209. The zero-order valence-corrected chi connectivity index (χ0v) is 11.7. The number of hydrogen-bond donors (Lipinski definition) is 4. The summed E-state index contributed by atoms with van der Waals surface area (Å²) in [5, 5.41) is 11.3. The Morgan fingerprint density at radius 3 is 2.95 bits per heavy atom. The second-order valence-electron chi connectivity index (χ2n) is 4.12. The molecule has 3 aromatic rings. The minimum Gasteiger partial charge on any atom is -0.494 e. The van der Waals surface area contributed by atoms with E-state index in [0.29, 0.717) is 17.2 Å². The van der Waals surface area contributed by atoms with Gasteiger partial charge in [-0.2, -0.15) is 0 Å². The zero-order chi connectivity index (χ0) is 15.0. The van der Waals surface area contributed by atoms with Crippen LogP contribution in [-0.4, -0.2) is 33.3 Å². The number of carbonyl (C=O) groups is 1. The van der Waals surface area contributed by atoms with Crippen LogP contribution in [0.2, 0.25) is 0 Å². The number of aromatic amines is 1. The number of H-pyrrole nitrogens is 1. The molecule has 0 aliphatic carbocycles. The number of amides is 1. The summed E-state index contributed by atoms with van der Waals surface area (Å²) in [5.74, 6) is 0.873. The van der Waals surface area contributed by atoms with Crippen LogP contribution in [0.3, 0.4) is 0 Å². The molecule has 2 heterocycles. The maximum atomic E-state index is 10.7. The van der Waals surface area contributed by atoms with Crippen LogP contribution < -0.4 is 15.8 Å². The zero-order valence-electron chi connectivity index (χ0n) is 10.9. The molecule has 0 unspecified atom stereocenters. The molecule has 3 rings (SSSR count). The highest BCUT2D eigenvalue weighted by Gasteiger charge is 2.16. The van der Waals surface area contributed by atoms with Crippen molar-refractivity contribution in [1.82, 2.24) is 15.0 Å². The minimum absolute atomic E-state index is 0.274. The number of aromatic nitrogens is 3. The summed E-state index contributed by atoms with van der Waals surface area (Å²) in [4.78, 5) is 21.9. The van der Waals surface area contributed by atoms with Gasteiger partial charge in [-0.15, -0.1) is 0 Å². The smallest absolute Gasteiger partial charge is 0.410 e.